The fraction of sp³-hybridized carbons (Fsp3) is 0.500. The minimum atomic E-state index is -4.07. The number of fused-ring (bicyclic) bond motifs is 1. The molecule has 0 saturated carbocycles. The van der Waals surface area contributed by atoms with Gasteiger partial charge in [0.15, 0.2) is 11.5 Å². The van der Waals surface area contributed by atoms with Crippen molar-refractivity contribution in [2.24, 2.45) is 0 Å². The van der Waals surface area contributed by atoms with E-state index in [4.69, 9.17) is 25.8 Å². The zero-order valence-electron chi connectivity index (χ0n) is 14.5. The summed E-state index contributed by atoms with van der Waals surface area (Å²) in [5, 5.41) is 0.512. The van der Waals surface area contributed by atoms with Crippen molar-refractivity contribution in [2.45, 2.75) is 32.5 Å². The van der Waals surface area contributed by atoms with Crippen molar-refractivity contribution >= 4 is 57.5 Å². The fourth-order valence-electron chi connectivity index (χ4n) is 1.84. The molecule has 1 aromatic rings. The molecule has 0 spiro atoms. The quantitative estimate of drug-likeness (QED) is 0.740. The van der Waals surface area contributed by atoms with E-state index in [0.717, 1.165) is 0 Å². The third kappa shape index (κ3) is 7.59. The molecule has 2 N–H and O–H groups in total. The number of amides is 1. The van der Waals surface area contributed by atoms with Crippen LogP contribution in [-0.2, 0) is 14.9 Å². The van der Waals surface area contributed by atoms with Crippen LogP contribution in [0.4, 0.5) is 4.79 Å². The van der Waals surface area contributed by atoms with Gasteiger partial charge in [0.05, 0.1) is 6.54 Å². The van der Waals surface area contributed by atoms with Crippen LogP contribution in [0.25, 0.3) is 0 Å². The third-order valence-electron chi connectivity index (χ3n) is 2.74. The van der Waals surface area contributed by atoms with E-state index < -0.39 is 28.0 Å². The standard InChI is InChI=1S/C14H19ClN2O6S.Na/c1-14(2,3)23-13(18)17-24(19,20)16-7-10-8-21-12-6-9(15)4-5-11(12)22-10;/h4-6,10,16H,7-8H2,1-3H3,(H,17,18);/t10-;/m0./s1. The molecular formula is C14H19ClN2NaO6S. The Labute approximate surface area is 174 Å². The molecule has 1 aromatic carbocycles. The van der Waals surface area contributed by atoms with E-state index in [1.807, 2.05) is 0 Å². The van der Waals surface area contributed by atoms with Crippen molar-refractivity contribution in [3.63, 3.8) is 0 Å². The molecule has 1 atom stereocenters. The van der Waals surface area contributed by atoms with E-state index in [9.17, 15) is 13.2 Å². The summed E-state index contributed by atoms with van der Waals surface area (Å²) < 4.78 is 43.6. The van der Waals surface area contributed by atoms with E-state index in [0.29, 0.717) is 16.5 Å². The van der Waals surface area contributed by atoms with Gasteiger partial charge in [0.25, 0.3) is 0 Å². The molecule has 0 aliphatic carbocycles. The molecule has 1 aliphatic rings. The Morgan fingerprint density at radius 3 is 2.68 bits per heavy atom. The molecule has 1 amide bonds. The van der Waals surface area contributed by atoms with Gasteiger partial charge in [-0.1, -0.05) is 11.6 Å². The van der Waals surface area contributed by atoms with Crippen molar-refractivity contribution in [1.82, 2.24) is 9.44 Å². The number of hydrogen-bond donors (Lipinski definition) is 2. The molecule has 0 bridgehead atoms. The van der Waals surface area contributed by atoms with Gasteiger partial charge in [-0.3, -0.25) is 0 Å². The smallest absolute Gasteiger partial charge is 0.422 e. The van der Waals surface area contributed by atoms with Gasteiger partial charge in [0.2, 0.25) is 0 Å². The van der Waals surface area contributed by atoms with Crippen molar-refractivity contribution in [3.05, 3.63) is 23.2 Å². The second-order valence-electron chi connectivity index (χ2n) is 6.10. The minimum absolute atomic E-state index is 0. The van der Waals surface area contributed by atoms with Crippen LogP contribution in [0.5, 0.6) is 11.5 Å². The van der Waals surface area contributed by atoms with Gasteiger partial charge in [-0.05, 0) is 32.9 Å². The number of halogens is 1. The summed E-state index contributed by atoms with van der Waals surface area (Å²) >= 11 is 5.85. The molecule has 1 heterocycles. The summed E-state index contributed by atoms with van der Waals surface area (Å²) in [6.45, 7) is 4.94. The van der Waals surface area contributed by atoms with Gasteiger partial charge in [-0.2, -0.15) is 13.1 Å². The molecule has 135 valence electrons. The number of benzene rings is 1. The van der Waals surface area contributed by atoms with E-state index in [1.165, 1.54) is 0 Å². The van der Waals surface area contributed by atoms with E-state index in [2.05, 4.69) is 4.72 Å². The molecule has 0 fully saturated rings. The maximum Gasteiger partial charge on any atom is 0.422 e. The summed E-state index contributed by atoms with van der Waals surface area (Å²) in [5.41, 5.74) is -0.801. The number of nitrogens with one attached hydrogen (secondary N) is 2. The topological polar surface area (TPSA) is 103 Å². The van der Waals surface area contributed by atoms with Crippen LogP contribution in [0, 0.1) is 0 Å². The van der Waals surface area contributed by atoms with Gasteiger partial charge >= 0.3 is 16.3 Å². The Morgan fingerprint density at radius 1 is 1.36 bits per heavy atom. The maximum absolute atomic E-state index is 11.8. The van der Waals surface area contributed by atoms with Crippen molar-refractivity contribution in [1.29, 1.82) is 0 Å². The van der Waals surface area contributed by atoms with Gasteiger partial charge < -0.3 is 14.2 Å². The first kappa shape index (κ1) is 22.3. The van der Waals surface area contributed by atoms with Crippen LogP contribution in [0.1, 0.15) is 20.8 Å². The van der Waals surface area contributed by atoms with E-state index in [1.54, 1.807) is 43.7 Å². The molecule has 1 radical (unpaired) electrons. The van der Waals surface area contributed by atoms with Crippen molar-refractivity contribution in [3.8, 4) is 11.5 Å². The van der Waals surface area contributed by atoms with E-state index >= 15 is 0 Å². The molecule has 1 aliphatic heterocycles. The molecule has 11 heteroatoms. The van der Waals surface area contributed by atoms with E-state index in [-0.39, 0.29) is 42.7 Å². The summed E-state index contributed by atoms with van der Waals surface area (Å²) in [5.74, 6) is 0.962. The second kappa shape index (κ2) is 8.79. The Hall–Kier alpha value is -0.710. The monoisotopic (exact) mass is 401 g/mol. The van der Waals surface area contributed by atoms with Gasteiger partial charge in [-0.25, -0.2) is 9.52 Å². The predicted molar refractivity (Wildman–Crippen MR) is 93.4 cm³/mol. The minimum Gasteiger partial charge on any atom is -0.486 e. The molecule has 2 rings (SSSR count). The Morgan fingerprint density at radius 2 is 2.04 bits per heavy atom. The van der Waals surface area contributed by atoms with Gasteiger partial charge in [-0.15, -0.1) is 0 Å². The van der Waals surface area contributed by atoms with Crippen LogP contribution in [0.3, 0.4) is 0 Å². The zero-order valence-corrected chi connectivity index (χ0v) is 18.0. The molecule has 0 aromatic heterocycles. The molecule has 0 saturated heterocycles. The average Bonchev–Trinajstić information content (AvgIpc) is 2.42. The Kier molecular flexibility index (Phi) is 7.85. The molecule has 25 heavy (non-hydrogen) atoms. The van der Waals surface area contributed by atoms with Crippen LogP contribution in [0.15, 0.2) is 18.2 Å². The van der Waals surface area contributed by atoms with Crippen LogP contribution < -0.4 is 18.9 Å². The van der Waals surface area contributed by atoms with Crippen LogP contribution in [0.2, 0.25) is 5.02 Å². The summed E-state index contributed by atoms with van der Waals surface area (Å²) in [6, 6.07) is 4.89. The summed E-state index contributed by atoms with van der Waals surface area (Å²) in [4.78, 5) is 11.5. The van der Waals surface area contributed by atoms with Gasteiger partial charge in [0.1, 0.15) is 18.3 Å². The number of ether oxygens (including phenoxy) is 3. The first-order chi connectivity index (χ1) is 11.0. The first-order valence-electron chi connectivity index (χ1n) is 7.13. The molecule has 8 nitrogen and oxygen atoms in total. The average molecular weight is 402 g/mol. The van der Waals surface area contributed by atoms with Crippen LogP contribution >= 0.6 is 11.6 Å². The van der Waals surface area contributed by atoms with Crippen molar-refractivity contribution < 1.29 is 27.4 Å². The number of carbonyl (C=O) groups excluding carboxylic acids is 1. The number of carbonyl (C=O) groups is 1. The van der Waals surface area contributed by atoms with Crippen molar-refractivity contribution in [2.75, 3.05) is 13.2 Å². The van der Waals surface area contributed by atoms with Gasteiger partial charge in [0, 0.05) is 40.6 Å². The second-order valence-corrected chi connectivity index (χ2v) is 8.03. The largest absolute Gasteiger partial charge is 0.486 e. The summed E-state index contributed by atoms with van der Waals surface area (Å²) in [7, 11) is -4.07. The molecule has 0 unspecified atom stereocenters. The zero-order chi connectivity index (χ0) is 18.0. The SMILES string of the molecule is CC(C)(C)OC(=O)NS(=O)(=O)NC[C@H]1COc2cc(Cl)ccc2O1.[Na]. The Balaban J connectivity index is 0.00000312. The first-order valence-corrected chi connectivity index (χ1v) is 8.99. The number of hydrogen-bond acceptors (Lipinski definition) is 6. The molecular weight excluding hydrogens is 383 g/mol. The number of rotatable bonds is 4. The predicted octanol–water partition coefficient (Wildman–Crippen LogP) is 1.46. The third-order valence-corrected chi connectivity index (χ3v) is 3.96. The maximum atomic E-state index is 11.8. The summed E-state index contributed by atoms with van der Waals surface area (Å²) in [6.07, 6.45) is -1.61. The Bertz CT molecular complexity index is 723. The normalized spacial score (nSPS) is 16.6. The van der Waals surface area contributed by atoms with Crippen LogP contribution in [-0.4, -0.2) is 68.9 Å². The fourth-order valence-corrected chi connectivity index (χ4v) is 2.74.